The minimum absolute atomic E-state index is 0.00234. The van der Waals surface area contributed by atoms with Gasteiger partial charge in [0.2, 0.25) is 5.75 Å². The second kappa shape index (κ2) is 5.18. The number of nitro benzene ring substituents is 1. The molecule has 0 heterocycles. The minimum Gasteiger partial charge on any atom is -0.450 e. The summed E-state index contributed by atoms with van der Waals surface area (Å²) in [6.45, 7) is 1.69. The molecule has 0 radical (unpaired) electrons. The molecule has 0 bridgehead atoms. The number of benzene rings is 2. The maximum absolute atomic E-state index is 11.0. The van der Waals surface area contributed by atoms with Crippen LogP contribution in [0.4, 0.5) is 5.69 Å². The number of rotatable bonds is 3. The summed E-state index contributed by atoms with van der Waals surface area (Å²) in [5.41, 5.74) is 0.574. The molecule has 0 aromatic heterocycles. The van der Waals surface area contributed by atoms with Gasteiger partial charge in [-0.1, -0.05) is 34.1 Å². The molecule has 0 aliphatic carbocycles. The van der Waals surface area contributed by atoms with Crippen LogP contribution < -0.4 is 4.74 Å². The molecule has 92 valence electrons. The zero-order valence-electron chi connectivity index (χ0n) is 9.59. The van der Waals surface area contributed by atoms with Crippen LogP contribution in [0.2, 0.25) is 0 Å². The Morgan fingerprint density at radius 2 is 1.94 bits per heavy atom. The summed E-state index contributed by atoms with van der Waals surface area (Å²) in [7, 11) is 0. The molecule has 0 spiro atoms. The van der Waals surface area contributed by atoms with E-state index in [4.69, 9.17) is 4.74 Å². The largest absolute Gasteiger partial charge is 0.450 e. The average molecular weight is 308 g/mol. The van der Waals surface area contributed by atoms with E-state index in [0.717, 1.165) is 4.47 Å². The van der Waals surface area contributed by atoms with Crippen molar-refractivity contribution in [3.8, 4) is 11.5 Å². The smallest absolute Gasteiger partial charge is 0.314 e. The Morgan fingerprint density at radius 1 is 1.22 bits per heavy atom. The molecule has 4 nitrogen and oxygen atoms in total. The molecule has 0 N–H and O–H groups in total. The summed E-state index contributed by atoms with van der Waals surface area (Å²) in [4.78, 5) is 10.6. The highest BCUT2D eigenvalue weighted by molar-refractivity contribution is 9.10. The molecule has 2 aromatic rings. The lowest BCUT2D eigenvalue weighted by Gasteiger charge is -2.07. The number of para-hydroxylation sites is 1. The molecule has 0 saturated carbocycles. The summed E-state index contributed by atoms with van der Waals surface area (Å²) in [5, 5.41) is 11.0. The van der Waals surface area contributed by atoms with E-state index in [1.165, 1.54) is 0 Å². The van der Waals surface area contributed by atoms with Crippen molar-refractivity contribution in [2.45, 2.75) is 6.92 Å². The van der Waals surface area contributed by atoms with Crippen molar-refractivity contribution in [2.24, 2.45) is 0 Å². The van der Waals surface area contributed by atoms with Crippen molar-refractivity contribution in [1.29, 1.82) is 0 Å². The first-order chi connectivity index (χ1) is 8.58. The third kappa shape index (κ3) is 2.68. The zero-order chi connectivity index (χ0) is 13.1. The maximum atomic E-state index is 11.0. The fourth-order valence-corrected chi connectivity index (χ4v) is 1.98. The lowest BCUT2D eigenvalue weighted by Crippen LogP contribution is -1.95. The molecule has 18 heavy (non-hydrogen) atoms. The SMILES string of the molecule is Cc1cccc(Oc2cccc(Br)c2)c1[N+](=O)[O-]. The van der Waals surface area contributed by atoms with E-state index < -0.39 is 4.92 Å². The van der Waals surface area contributed by atoms with Gasteiger partial charge in [0.15, 0.2) is 0 Å². The summed E-state index contributed by atoms with van der Waals surface area (Å²) in [6, 6.07) is 12.2. The fourth-order valence-electron chi connectivity index (χ4n) is 1.61. The first kappa shape index (κ1) is 12.6. The van der Waals surface area contributed by atoms with Crippen molar-refractivity contribution in [2.75, 3.05) is 0 Å². The zero-order valence-corrected chi connectivity index (χ0v) is 11.2. The molecule has 0 atom stereocenters. The minimum atomic E-state index is -0.428. The highest BCUT2D eigenvalue weighted by atomic mass is 79.9. The molecule has 0 amide bonds. The van der Waals surface area contributed by atoms with Crippen LogP contribution in [0, 0.1) is 17.0 Å². The van der Waals surface area contributed by atoms with Crippen LogP contribution in [0.15, 0.2) is 46.9 Å². The van der Waals surface area contributed by atoms with E-state index in [2.05, 4.69) is 15.9 Å². The highest BCUT2D eigenvalue weighted by Gasteiger charge is 2.18. The maximum Gasteiger partial charge on any atom is 0.314 e. The quantitative estimate of drug-likeness (QED) is 0.621. The lowest BCUT2D eigenvalue weighted by molar-refractivity contribution is -0.386. The molecule has 2 aromatic carbocycles. The van der Waals surface area contributed by atoms with Crippen LogP contribution >= 0.6 is 15.9 Å². The molecular weight excluding hydrogens is 298 g/mol. The number of nitrogens with zero attached hydrogens (tertiary/aromatic N) is 1. The number of hydrogen-bond donors (Lipinski definition) is 0. The summed E-state index contributed by atoms with van der Waals surface area (Å²) in [6.07, 6.45) is 0. The van der Waals surface area contributed by atoms with Crippen molar-refractivity contribution in [3.05, 3.63) is 62.6 Å². The second-order valence-corrected chi connectivity index (χ2v) is 4.65. The molecule has 5 heteroatoms. The van der Waals surface area contributed by atoms with Crippen LogP contribution in [0.25, 0.3) is 0 Å². The van der Waals surface area contributed by atoms with Crippen LogP contribution in [-0.2, 0) is 0 Å². The Hall–Kier alpha value is -1.88. The summed E-state index contributed by atoms with van der Waals surface area (Å²) < 4.78 is 6.42. The predicted molar refractivity (Wildman–Crippen MR) is 72.0 cm³/mol. The van der Waals surface area contributed by atoms with Gasteiger partial charge in [-0.15, -0.1) is 0 Å². The Balaban J connectivity index is 2.40. The van der Waals surface area contributed by atoms with E-state index in [9.17, 15) is 10.1 Å². The molecule has 0 aliphatic rings. The third-order valence-electron chi connectivity index (χ3n) is 2.41. The number of halogens is 1. The predicted octanol–water partition coefficient (Wildman–Crippen LogP) is 4.46. The molecule has 0 aliphatic heterocycles. The lowest BCUT2D eigenvalue weighted by atomic mass is 10.2. The van der Waals surface area contributed by atoms with Gasteiger partial charge in [-0.25, -0.2) is 0 Å². The monoisotopic (exact) mass is 307 g/mol. The standard InChI is InChI=1S/C13H10BrNO3/c1-9-4-2-7-12(13(9)15(16)17)18-11-6-3-5-10(14)8-11/h2-8H,1H3. The Bertz CT molecular complexity index is 599. The fraction of sp³-hybridized carbons (Fsp3) is 0.0769. The van der Waals surface area contributed by atoms with Gasteiger partial charge >= 0.3 is 5.69 Å². The Morgan fingerprint density at radius 3 is 2.61 bits per heavy atom. The summed E-state index contributed by atoms with van der Waals surface area (Å²) >= 11 is 3.32. The van der Waals surface area contributed by atoms with E-state index in [1.54, 1.807) is 43.3 Å². The van der Waals surface area contributed by atoms with Crippen LogP contribution in [-0.4, -0.2) is 4.92 Å². The average Bonchev–Trinajstić information content (AvgIpc) is 2.28. The summed E-state index contributed by atoms with van der Waals surface area (Å²) in [5.74, 6) is 0.802. The normalized spacial score (nSPS) is 10.1. The highest BCUT2D eigenvalue weighted by Crippen LogP contribution is 2.34. The van der Waals surface area contributed by atoms with Crippen LogP contribution in [0.1, 0.15) is 5.56 Å². The van der Waals surface area contributed by atoms with Gasteiger partial charge in [0.1, 0.15) is 5.75 Å². The number of ether oxygens (including phenoxy) is 1. The topological polar surface area (TPSA) is 52.4 Å². The van der Waals surface area contributed by atoms with Gasteiger partial charge in [0, 0.05) is 10.0 Å². The van der Waals surface area contributed by atoms with E-state index >= 15 is 0 Å². The molecule has 0 unspecified atom stereocenters. The van der Waals surface area contributed by atoms with Crippen molar-refractivity contribution < 1.29 is 9.66 Å². The Labute approximate surface area is 112 Å². The van der Waals surface area contributed by atoms with E-state index in [0.29, 0.717) is 11.3 Å². The van der Waals surface area contributed by atoms with Gasteiger partial charge in [0.25, 0.3) is 0 Å². The van der Waals surface area contributed by atoms with Gasteiger partial charge < -0.3 is 4.74 Å². The van der Waals surface area contributed by atoms with Crippen molar-refractivity contribution in [1.82, 2.24) is 0 Å². The Kier molecular flexibility index (Phi) is 3.62. The number of hydrogen-bond acceptors (Lipinski definition) is 3. The first-order valence-corrected chi connectivity index (χ1v) is 6.04. The second-order valence-electron chi connectivity index (χ2n) is 3.74. The number of nitro groups is 1. The van der Waals surface area contributed by atoms with Crippen LogP contribution in [0.5, 0.6) is 11.5 Å². The number of aryl methyl sites for hydroxylation is 1. The molecule has 0 fully saturated rings. The van der Waals surface area contributed by atoms with Crippen LogP contribution in [0.3, 0.4) is 0 Å². The van der Waals surface area contributed by atoms with Crippen molar-refractivity contribution in [3.63, 3.8) is 0 Å². The first-order valence-electron chi connectivity index (χ1n) is 5.25. The van der Waals surface area contributed by atoms with Crippen molar-refractivity contribution >= 4 is 21.6 Å². The third-order valence-corrected chi connectivity index (χ3v) is 2.90. The molecular formula is C13H10BrNO3. The van der Waals surface area contributed by atoms with E-state index in [1.807, 2.05) is 6.07 Å². The molecule has 2 rings (SSSR count). The van der Waals surface area contributed by atoms with Gasteiger partial charge in [-0.2, -0.15) is 0 Å². The van der Waals surface area contributed by atoms with Gasteiger partial charge in [0.05, 0.1) is 4.92 Å². The molecule has 0 saturated heterocycles. The van der Waals surface area contributed by atoms with Gasteiger partial charge in [-0.3, -0.25) is 10.1 Å². The van der Waals surface area contributed by atoms with Gasteiger partial charge in [-0.05, 0) is 31.2 Å². The van der Waals surface area contributed by atoms with E-state index in [-0.39, 0.29) is 11.4 Å².